The Bertz CT molecular complexity index is 1100. The predicted molar refractivity (Wildman–Crippen MR) is 123 cm³/mol. The molecule has 0 unspecified atom stereocenters. The molecular weight excluding hydrogens is 404 g/mol. The highest BCUT2D eigenvalue weighted by Gasteiger charge is 2.40. The monoisotopic (exact) mass is 434 g/mol. The fourth-order valence-corrected chi connectivity index (χ4v) is 4.70. The van der Waals surface area contributed by atoms with Gasteiger partial charge in [0.2, 0.25) is 0 Å². The van der Waals surface area contributed by atoms with Crippen molar-refractivity contribution in [2.45, 2.75) is 56.8 Å². The van der Waals surface area contributed by atoms with Crippen molar-refractivity contribution in [3.05, 3.63) is 30.6 Å². The maximum Gasteiger partial charge on any atom is 0.132 e. The molecule has 1 aromatic carbocycles. The highest BCUT2D eigenvalue weighted by molar-refractivity contribution is 5.93. The Labute approximate surface area is 187 Å². The van der Waals surface area contributed by atoms with Crippen LogP contribution in [0.4, 0.5) is 5.82 Å². The molecule has 8 heteroatoms. The normalized spacial score (nSPS) is 23.0. The molecule has 3 aromatic rings. The van der Waals surface area contributed by atoms with Crippen LogP contribution in [0.15, 0.2) is 30.6 Å². The van der Waals surface area contributed by atoms with Crippen molar-refractivity contribution >= 4 is 16.7 Å². The molecule has 0 bridgehead atoms. The van der Waals surface area contributed by atoms with E-state index in [1.54, 1.807) is 6.33 Å². The number of nitrogens with zero attached hydrogens (tertiary/aromatic N) is 4. The van der Waals surface area contributed by atoms with Crippen LogP contribution in [0, 0.1) is 0 Å². The van der Waals surface area contributed by atoms with Gasteiger partial charge in [-0.1, -0.05) is 0 Å². The Morgan fingerprint density at radius 3 is 2.72 bits per heavy atom. The van der Waals surface area contributed by atoms with Crippen LogP contribution in [0.2, 0.25) is 0 Å². The molecule has 1 saturated carbocycles. The topological polar surface area (TPSA) is 88.2 Å². The van der Waals surface area contributed by atoms with Gasteiger partial charge in [-0.25, -0.2) is 9.97 Å². The first-order valence-electron chi connectivity index (χ1n) is 11.8. The Hall–Kier alpha value is -2.71. The summed E-state index contributed by atoms with van der Waals surface area (Å²) in [5.74, 6) is 1.83. The first kappa shape index (κ1) is 19.9. The number of nitrogens with one attached hydrogen (secondary N) is 2. The lowest BCUT2D eigenvalue weighted by atomic mass is 10.1. The van der Waals surface area contributed by atoms with Crippen LogP contribution in [0.3, 0.4) is 0 Å². The van der Waals surface area contributed by atoms with E-state index in [-0.39, 0.29) is 5.60 Å². The van der Waals surface area contributed by atoms with Crippen molar-refractivity contribution in [3.8, 4) is 17.1 Å². The van der Waals surface area contributed by atoms with Gasteiger partial charge in [-0.05, 0) is 63.8 Å². The lowest BCUT2D eigenvalue weighted by Crippen LogP contribution is -2.39. The van der Waals surface area contributed by atoms with Gasteiger partial charge in [0.1, 0.15) is 29.2 Å². The predicted octanol–water partition coefficient (Wildman–Crippen LogP) is 3.30. The third-order valence-corrected chi connectivity index (χ3v) is 6.91. The first-order chi connectivity index (χ1) is 15.7. The summed E-state index contributed by atoms with van der Waals surface area (Å²) in [5.41, 5.74) is 2.63. The lowest BCUT2D eigenvalue weighted by molar-refractivity contribution is -0.0131. The molecule has 4 heterocycles. The average Bonchev–Trinajstić information content (AvgIpc) is 3.18. The van der Waals surface area contributed by atoms with Crippen molar-refractivity contribution < 1.29 is 9.47 Å². The number of aromatic amines is 1. The summed E-state index contributed by atoms with van der Waals surface area (Å²) in [6, 6.07) is 8.15. The van der Waals surface area contributed by atoms with Crippen LogP contribution < -0.4 is 15.0 Å². The van der Waals surface area contributed by atoms with Crippen molar-refractivity contribution in [2.75, 3.05) is 31.1 Å². The van der Waals surface area contributed by atoms with E-state index in [9.17, 15) is 0 Å². The summed E-state index contributed by atoms with van der Waals surface area (Å²) < 4.78 is 12.4. The van der Waals surface area contributed by atoms with E-state index in [2.05, 4.69) is 43.4 Å². The van der Waals surface area contributed by atoms with E-state index >= 15 is 0 Å². The number of benzene rings is 1. The second-order valence-corrected chi connectivity index (χ2v) is 9.53. The summed E-state index contributed by atoms with van der Waals surface area (Å²) in [5, 5.41) is 12.1. The second-order valence-electron chi connectivity index (χ2n) is 9.53. The van der Waals surface area contributed by atoms with Gasteiger partial charge in [0.05, 0.1) is 23.4 Å². The van der Waals surface area contributed by atoms with Crippen LogP contribution >= 0.6 is 0 Å². The van der Waals surface area contributed by atoms with Gasteiger partial charge in [-0.2, -0.15) is 5.10 Å². The van der Waals surface area contributed by atoms with Gasteiger partial charge < -0.3 is 19.7 Å². The van der Waals surface area contributed by atoms with Crippen molar-refractivity contribution in [1.82, 2.24) is 25.5 Å². The molecule has 0 spiro atoms. The number of hydrogen-bond acceptors (Lipinski definition) is 7. The molecule has 3 aliphatic rings. The molecule has 2 aromatic heterocycles. The smallest absolute Gasteiger partial charge is 0.132 e. The van der Waals surface area contributed by atoms with E-state index in [0.29, 0.717) is 12.2 Å². The molecule has 3 fully saturated rings. The van der Waals surface area contributed by atoms with Gasteiger partial charge >= 0.3 is 0 Å². The molecule has 6 rings (SSSR count). The first-order valence-corrected chi connectivity index (χ1v) is 11.8. The summed E-state index contributed by atoms with van der Waals surface area (Å²) in [4.78, 5) is 11.4. The van der Waals surface area contributed by atoms with Gasteiger partial charge in [0.25, 0.3) is 0 Å². The van der Waals surface area contributed by atoms with E-state index < -0.39 is 0 Å². The molecule has 32 heavy (non-hydrogen) atoms. The van der Waals surface area contributed by atoms with E-state index in [0.717, 1.165) is 92.1 Å². The molecule has 168 valence electrons. The van der Waals surface area contributed by atoms with Gasteiger partial charge in [-0.3, -0.25) is 5.10 Å². The van der Waals surface area contributed by atoms with E-state index in [1.807, 2.05) is 18.2 Å². The molecule has 0 radical (unpaired) electrons. The highest BCUT2D eigenvalue weighted by atomic mass is 16.5. The number of piperidine rings is 1. The number of ether oxygens (including phenoxy) is 2. The molecular formula is C24H30N6O2. The van der Waals surface area contributed by atoms with Gasteiger partial charge in [0, 0.05) is 31.1 Å². The summed E-state index contributed by atoms with van der Waals surface area (Å²) in [7, 11) is 0. The summed E-state index contributed by atoms with van der Waals surface area (Å²) >= 11 is 0. The van der Waals surface area contributed by atoms with E-state index in [4.69, 9.17) is 9.47 Å². The number of aromatic nitrogens is 4. The zero-order valence-electron chi connectivity index (χ0n) is 18.5. The van der Waals surface area contributed by atoms with Crippen LogP contribution in [-0.4, -0.2) is 64.2 Å². The van der Waals surface area contributed by atoms with Crippen LogP contribution in [0.5, 0.6) is 5.75 Å². The number of fused-ring (bicyclic) bond motifs is 1. The van der Waals surface area contributed by atoms with E-state index in [1.165, 1.54) is 0 Å². The maximum absolute atomic E-state index is 6.27. The largest absolute Gasteiger partial charge is 0.488 e. The molecule has 8 nitrogen and oxygen atoms in total. The van der Waals surface area contributed by atoms with Crippen LogP contribution in [-0.2, 0) is 4.74 Å². The van der Waals surface area contributed by atoms with Gasteiger partial charge in [0.15, 0.2) is 0 Å². The highest BCUT2D eigenvalue weighted by Crippen LogP contribution is 2.40. The number of rotatable bonds is 6. The molecule has 2 aliphatic heterocycles. The Kier molecular flexibility index (Phi) is 4.99. The molecule has 2 saturated heterocycles. The maximum atomic E-state index is 6.27. The minimum Gasteiger partial charge on any atom is -0.488 e. The molecule has 1 atom stereocenters. The summed E-state index contributed by atoms with van der Waals surface area (Å²) in [6.07, 6.45) is 7.76. The minimum atomic E-state index is -0.0101. The standard InChI is InChI=1S/C24H30N6O2/c1-24(7-8-24)32-17-2-3-20-19(12-17)23(29-28-20)21-13-22(27-15-26-21)30-10-5-16(6-11-30)31-18-4-9-25-14-18/h2-3,12-13,15-16,18,25H,4-11,14H2,1H3,(H,28,29)/t18-/m1/s1. The van der Waals surface area contributed by atoms with Crippen LogP contribution in [0.1, 0.15) is 39.0 Å². The number of anilines is 1. The Morgan fingerprint density at radius 1 is 1.06 bits per heavy atom. The van der Waals surface area contributed by atoms with Crippen molar-refractivity contribution in [1.29, 1.82) is 0 Å². The molecule has 0 amide bonds. The zero-order chi connectivity index (χ0) is 21.5. The van der Waals surface area contributed by atoms with Gasteiger partial charge in [-0.15, -0.1) is 0 Å². The second kappa shape index (κ2) is 8.01. The fourth-order valence-electron chi connectivity index (χ4n) is 4.70. The average molecular weight is 435 g/mol. The van der Waals surface area contributed by atoms with Crippen molar-refractivity contribution in [3.63, 3.8) is 0 Å². The number of H-pyrrole nitrogens is 1. The molecule has 1 aliphatic carbocycles. The minimum absolute atomic E-state index is 0.0101. The SMILES string of the molecule is CC1(Oc2ccc3[nH]nc(-c4cc(N5CCC(O[C@@H]6CCNC6)CC5)ncn4)c3c2)CC1. The third-order valence-electron chi connectivity index (χ3n) is 6.91. The fraction of sp³-hybridized carbons (Fsp3) is 0.542. The lowest BCUT2D eigenvalue weighted by Gasteiger charge is -2.33. The Balaban J connectivity index is 1.18. The molecule has 2 N–H and O–H groups in total. The quantitative estimate of drug-likeness (QED) is 0.615. The van der Waals surface area contributed by atoms with Crippen molar-refractivity contribution in [2.24, 2.45) is 0 Å². The van der Waals surface area contributed by atoms with Crippen LogP contribution in [0.25, 0.3) is 22.3 Å². The zero-order valence-corrected chi connectivity index (χ0v) is 18.5. The number of hydrogen-bond donors (Lipinski definition) is 2. The summed E-state index contributed by atoms with van der Waals surface area (Å²) in [6.45, 7) is 6.10. The third kappa shape index (κ3) is 4.04. The Morgan fingerprint density at radius 2 is 1.94 bits per heavy atom.